The molecule has 0 amide bonds. The molecule has 6 heteroatoms. The van der Waals surface area contributed by atoms with Crippen LogP contribution in [0, 0.1) is 11.8 Å². The van der Waals surface area contributed by atoms with Crippen LogP contribution in [0.2, 0.25) is 0 Å². The molecule has 2 unspecified atom stereocenters. The highest BCUT2D eigenvalue weighted by atomic mass is 16.6. The first kappa shape index (κ1) is 63.4. The lowest BCUT2D eigenvalue weighted by atomic mass is 9.99. The maximum absolute atomic E-state index is 12.7. The van der Waals surface area contributed by atoms with Crippen LogP contribution in [-0.2, 0) is 28.6 Å². The van der Waals surface area contributed by atoms with Gasteiger partial charge in [-0.3, -0.25) is 14.4 Å². The molecule has 65 heavy (non-hydrogen) atoms. The topological polar surface area (TPSA) is 78.9 Å². The average molecular weight is 920 g/mol. The van der Waals surface area contributed by atoms with Gasteiger partial charge in [0.15, 0.2) is 6.10 Å². The Morgan fingerprint density at radius 2 is 0.538 bits per heavy atom. The molecule has 0 aromatic rings. The first-order chi connectivity index (χ1) is 31.8. The van der Waals surface area contributed by atoms with E-state index in [0.29, 0.717) is 19.3 Å². The molecule has 386 valence electrons. The van der Waals surface area contributed by atoms with Gasteiger partial charge in [0.05, 0.1) is 0 Å². The van der Waals surface area contributed by atoms with Crippen LogP contribution >= 0.6 is 0 Å². The lowest BCUT2D eigenvalue weighted by molar-refractivity contribution is -0.167. The molecule has 0 saturated carbocycles. The van der Waals surface area contributed by atoms with Crippen molar-refractivity contribution in [3.8, 4) is 0 Å². The van der Waals surface area contributed by atoms with Gasteiger partial charge in [0, 0.05) is 19.3 Å². The summed E-state index contributed by atoms with van der Waals surface area (Å²) >= 11 is 0. The molecule has 3 atom stereocenters. The minimum atomic E-state index is -0.761. The van der Waals surface area contributed by atoms with E-state index in [9.17, 15) is 14.4 Å². The zero-order valence-electron chi connectivity index (χ0n) is 44.6. The minimum absolute atomic E-state index is 0.0634. The molecule has 0 rings (SSSR count). The van der Waals surface area contributed by atoms with Crippen LogP contribution in [0.15, 0.2) is 0 Å². The van der Waals surface area contributed by atoms with Gasteiger partial charge in [-0.1, -0.05) is 291 Å². The average Bonchev–Trinajstić information content (AvgIpc) is 3.30. The van der Waals surface area contributed by atoms with E-state index in [-0.39, 0.29) is 31.1 Å². The summed E-state index contributed by atoms with van der Waals surface area (Å²) in [4.78, 5) is 37.9. The normalized spacial score (nSPS) is 12.9. The second-order valence-electron chi connectivity index (χ2n) is 20.8. The molecule has 0 aliphatic rings. The van der Waals surface area contributed by atoms with Gasteiger partial charge in [-0.15, -0.1) is 0 Å². The van der Waals surface area contributed by atoms with Gasteiger partial charge in [-0.2, -0.15) is 0 Å². The van der Waals surface area contributed by atoms with E-state index in [4.69, 9.17) is 14.2 Å². The van der Waals surface area contributed by atoms with Gasteiger partial charge in [0.2, 0.25) is 0 Å². The van der Waals surface area contributed by atoms with Gasteiger partial charge in [0.25, 0.3) is 0 Å². The first-order valence-electron chi connectivity index (χ1n) is 29.3. The number of carbonyl (C=O) groups is 3. The number of ether oxygens (including phenoxy) is 3. The van der Waals surface area contributed by atoms with Crippen molar-refractivity contribution in [3.05, 3.63) is 0 Å². The summed E-state index contributed by atoms with van der Waals surface area (Å²) < 4.78 is 16.8. The lowest BCUT2D eigenvalue weighted by Gasteiger charge is -2.18. The maximum atomic E-state index is 12.7. The molecule has 0 aliphatic carbocycles. The Morgan fingerprint density at radius 1 is 0.308 bits per heavy atom. The van der Waals surface area contributed by atoms with Crippen LogP contribution in [0.5, 0.6) is 0 Å². The Hall–Kier alpha value is -1.59. The molecule has 0 aromatic carbocycles. The molecule has 0 fully saturated rings. The van der Waals surface area contributed by atoms with Crippen molar-refractivity contribution < 1.29 is 28.6 Å². The van der Waals surface area contributed by atoms with E-state index < -0.39 is 6.10 Å². The highest BCUT2D eigenvalue weighted by Crippen LogP contribution is 2.19. The number of hydrogen-bond acceptors (Lipinski definition) is 6. The molecular formula is C59H114O6. The van der Waals surface area contributed by atoms with E-state index in [1.165, 1.54) is 218 Å². The van der Waals surface area contributed by atoms with Crippen molar-refractivity contribution in [2.45, 2.75) is 336 Å². The van der Waals surface area contributed by atoms with Crippen molar-refractivity contribution in [2.75, 3.05) is 13.2 Å². The minimum Gasteiger partial charge on any atom is -0.462 e. The van der Waals surface area contributed by atoms with E-state index >= 15 is 0 Å². The quantitative estimate of drug-likeness (QED) is 0.0344. The number of carbonyl (C=O) groups excluding carboxylic acids is 3. The molecule has 0 bridgehead atoms. The number of hydrogen-bond donors (Lipinski definition) is 0. The Kier molecular flexibility index (Phi) is 50.5. The van der Waals surface area contributed by atoms with Crippen molar-refractivity contribution in [1.82, 2.24) is 0 Å². The predicted molar refractivity (Wildman–Crippen MR) is 280 cm³/mol. The third-order valence-electron chi connectivity index (χ3n) is 14.2. The number of rotatable bonds is 53. The summed E-state index contributed by atoms with van der Waals surface area (Å²) in [6, 6.07) is 0. The molecule has 0 N–H and O–H groups in total. The van der Waals surface area contributed by atoms with Gasteiger partial charge in [0.1, 0.15) is 13.2 Å². The maximum Gasteiger partial charge on any atom is 0.306 e. The molecule has 0 aliphatic heterocycles. The van der Waals surface area contributed by atoms with Gasteiger partial charge in [-0.25, -0.2) is 0 Å². The van der Waals surface area contributed by atoms with Crippen LogP contribution < -0.4 is 0 Å². The summed E-state index contributed by atoms with van der Waals surface area (Å²) in [7, 11) is 0. The largest absolute Gasteiger partial charge is 0.462 e. The van der Waals surface area contributed by atoms with Crippen molar-refractivity contribution in [1.29, 1.82) is 0 Å². The van der Waals surface area contributed by atoms with E-state index in [0.717, 1.165) is 69.6 Å². The molecule has 6 nitrogen and oxygen atoms in total. The van der Waals surface area contributed by atoms with Crippen molar-refractivity contribution >= 4 is 17.9 Å². The lowest BCUT2D eigenvalue weighted by Crippen LogP contribution is -2.30. The molecule has 0 radical (unpaired) electrons. The van der Waals surface area contributed by atoms with Crippen LogP contribution in [0.25, 0.3) is 0 Å². The van der Waals surface area contributed by atoms with Crippen LogP contribution in [-0.4, -0.2) is 37.2 Å². The fraction of sp³-hybridized carbons (Fsp3) is 0.949. The SMILES string of the molecule is CCCCCCCCCC(=O)O[C@H](COC(=O)CCCCCCCCCCCCCCCCCCCCC(C)CC)COC(=O)CCCCCCCCCCCCCCCCC(C)CC. The molecule has 0 aromatic heterocycles. The summed E-state index contributed by atoms with van der Waals surface area (Å²) in [6.07, 6.45) is 55.3. The highest BCUT2D eigenvalue weighted by Gasteiger charge is 2.19. The van der Waals surface area contributed by atoms with Crippen molar-refractivity contribution in [2.24, 2.45) is 11.8 Å². The first-order valence-corrected chi connectivity index (χ1v) is 29.3. The van der Waals surface area contributed by atoms with Gasteiger partial charge >= 0.3 is 17.9 Å². The van der Waals surface area contributed by atoms with E-state index in [1.807, 2.05) is 0 Å². The third kappa shape index (κ3) is 50.1. The van der Waals surface area contributed by atoms with Gasteiger partial charge in [-0.05, 0) is 31.1 Å². The van der Waals surface area contributed by atoms with Crippen LogP contribution in [0.4, 0.5) is 0 Å². The Morgan fingerprint density at radius 3 is 0.800 bits per heavy atom. The summed E-state index contributed by atoms with van der Waals surface area (Å²) in [5.74, 6) is 0.959. The Balaban J connectivity index is 4.08. The molecule has 0 spiro atoms. The zero-order chi connectivity index (χ0) is 47.5. The Labute approximate surface area is 406 Å². The third-order valence-corrected chi connectivity index (χ3v) is 14.2. The second-order valence-corrected chi connectivity index (χ2v) is 20.8. The summed E-state index contributed by atoms with van der Waals surface area (Å²) in [5, 5.41) is 0. The predicted octanol–water partition coefficient (Wildman–Crippen LogP) is 19.3. The van der Waals surface area contributed by atoms with Crippen molar-refractivity contribution in [3.63, 3.8) is 0 Å². The van der Waals surface area contributed by atoms with Crippen LogP contribution in [0.3, 0.4) is 0 Å². The molecule has 0 heterocycles. The number of unbranched alkanes of at least 4 members (excludes halogenated alkanes) is 36. The second kappa shape index (κ2) is 51.8. The smallest absolute Gasteiger partial charge is 0.306 e. The number of esters is 3. The van der Waals surface area contributed by atoms with Crippen LogP contribution in [0.1, 0.15) is 330 Å². The molecule has 0 saturated heterocycles. The Bertz CT molecular complexity index is 997. The highest BCUT2D eigenvalue weighted by molar-refractivity contribution is 5.71. The fourth-order valence-corrected chi connectivity index (χ4v) is 8.99. The molecular weight excluding hydrogens is 805 g/mol. The monoisotopic (exact) mass is 919 g/mol. The van der Waals surface area contributed by atoms with Gasteiger partial charge < -0.3 is 14.2 Å². The zero-order valence-corrected chi connectivity index (χ0v) is 44.6. The summed E-state index contributed by atoms with van der Waals surface area (Å²) in [6.45, 7) is 11.5. The standard InChI is InChI=1S/C59H114O6/c1-6-9-10-11-32-41-46-51-59(62)65-56(53-64-58(61)50-45-40-36-31-27-23-19-18-21-25-29-34-38-43-48-55(5)8-3)52-63-57(60)49-44-39-35-30-26-22-17-15-13-12-14-16-20-24-28-33-37-42-47-54(4)7-2/h54-56H,6-53H2,1-5H3/t54?,55?,56-/m1/s1. The fourth-order valence-electron chi connectivity index (χ4n) is 8.99. The van der Waals surface area contributed by atoms with E-state index in [2.05, 4.69) is 34.6 Å². The van der Waals surface area contributed by atoms with E-state index in [1.54, 1.807) is 0 Å². The summed E-state index contributed by atoms with van der Waals surface area (Å²) in [5.41, 5.74) is 0.